The molecular weight excluding hydrogens is 268 g/mol. The molecule has 0 amide bonds. The van der Waals surface area contributed by atoms with Crippen molar-refractivity contribution in [3.8, 4) is 0 Å². The van der Waals surface area contributed by atoms with Gasteiger partial charge in [-0.25, -0.2) is 0 Å². The molecule has 0 fully saturated rings. The van der Waals surface area contributed by atoms with Gasteiger partial charge in [0.25, 0.3) is 0 Å². The van der Waals surface area contributed by atoms with Gasteiger partial charge >= 0.3 is 0 Å². The minimum absolute atomic E-state index is 0.00924. The van der Waals surface area contributed by atoms with Crippen molar-refractivity contribution in [2.75, 3.05) is 0 Å². The lowest BCUT2D eigenvalue weighted by Gasteiger charge is -2.14. The maximum atomic E-state index is 12.4. The van der Waals surface area contributed by atoms with Gasteiger partial charge in [0.15, 0.2) is 10.9 Å². The summed E-state index contributed by atoms with van der Waals surface area (Å²) in [6.45, 7) is 1.95. The van der Waals surface area contributed by atoms with Gasteiger partial charge in [-0.3, -0.25) is 4.79 Å². The average Bonchev–Trinajstić information content (AvgIpc) is 2.47. The molecule has 0 saturated heterocycles. The number of rotatable bonds is 4. The van der Waals surface area contributed by atoms with E-state index < -0.39 is 0 Å². The zero-order chi connectivity index (χ0) is 14.5. The second-order valence-corrected chi connectivity index (χ2v) is 4.99. The summed E-state index contributed by atoms with van der Waals surface area (Å²) in [6.07, 6.45) is 0. The average molecular weight is 284 g/mol. The SMILES string of the molecule is CC(NC(N)=S)c1cccc(C(=O)c2ccccc2)c1. The van der Waals surface area contributed by atoms with Crippen molar-refractivity contribution in [1.29, 1.82) is 0 Å². The van der Waals surface area contributed by atoms with Crippen molar-refractivity contribution in [3.63, 3.8) is 0 Å². The Morgan fingerprint density at radius 1 is 1.10 bits per heavy atom. The Morgan fingerprint density at radius 2 is 1.75 bits per heavy atom. The van der Waals surface area contributed by atoms with Gasteiger partial charge in [0, 0.05) is 11.1 Å². The Labute approximate surface area is 123 Å². The van der Waals surface area contributed by atoms with Crippen LogP contribution in [0.15, 0.2) is 54.6 Å². The molecule has 0 bridgehead atoms. The molecule has 3 nitrogen and oxygen atoms in total. The lowest BCUT2D eigenvalue weighted by atomic mass is 9.99. The van der Waals surface area contributed by atoms with Crippen LogP contribution in [0.5, 0.6) is 0 Å². The van der Waals surface area contributed by atoms with E-state index in [2.05, 4.69) is 5.32 Å². The summed E-state index contributed by atoms with van der Waals surface area (Å²) in [6, 6.07) is 16.7. The van der Waals surface area contributed by atoms with Crippen LogP contribution in [0.4, 0.5) is 0 Å². The number of nitrogens with one attached hydrogen (secondary N) is 1. The van der Waals surface area contributed by atoms with Crippen LogP contribution in [0.1, 0.15) is 34.5 Å². The molecule has 0 radical (unpaired) electrons. The highest BCUT2D eigenvalue weighted by atomic mass is 32.1. The quantitative estimate of drug-likeness (QED) is 0.669. The number of thiocarbonyl (C=S) groups is 1. The number of hydrogen-bond donors (Lipinski definition) is 2. The van der Waals surface area contributed by atoms with Gasteiger partial charge in [-0.2, -0.15) is 0 Å². The zero-order valence-electron chi connectivity index (χ0n) is 11.2. The largest absolute Gasteiger partial charge is 0.376 e. The third-order valence-corrected chi connectivity index (χ3v) is 3.16. The summed E-state index contributed by atoms with van der Waals surface area (Å²) in [5, 5.41) is 3.21. The van der Waals surface area contributed by atoms with E-state index in [1.807, 2.05) is 61.5 Å². The van der Waals surface area contributed by atoms with E-state index in [1.54, 1.807) is 0 Å². The summed E-state index contributed by atoms with van der Waals surface area (Å²) in [5.41, 5.74) is 7.78. The monoisotopic (exact) mass is 284 g/mol. The van der Waals surface area contributed by atoms with E-state index in [9.17, 15) is 4.79 Å². The molecule has 2 aromatic carbocycles. The molecule has 3 N–H and O–H groups in total. The first-order valence-electron chi connectivity index (χ1n) is 6.33. The second kappa shape index (κ2) is 6.30. The van der Waals surface area contributed by atoms with Gasteiger partial charge in [-0.15, -0.1) is 0 Å². The minimum Gasteiger partial charge on any atom is -0.376 e. The molecule has 2 aromatic rings. The van der Waals surface area contributed by atoms with Crippen LogP contribution >= 0.6 is 12.2 Å². The molecule has 0 aliphatic rings. The maximum Gasteiger partial charge on any atom is 0.193 e. The van der Waals surface area contributed by atoms with E-state index in [-0.39, 0.29) is 16.9 Å². The fraction of sp³-hybridized carbons (Fsp3) is 0.125. The Morgan fingerprint density at radius 3 is 2.40 bits per heavy atom. The molecule has 1 atom stereocenters. The van der Waals surface area contributed by atoms with Gasteiger partial charge in [0.2, 0.25) is 0 Å². The number of hydrogen-bond acceptors (Lipinski definition) is 2. The molecule has 0 heterocycles. The Kier molecular flexibility index (Phi) is 4.48. The zero-order valence-corrected chi connectivity index (χ0v) is 12.0. The van der Waals surface area contributed by atoms with Crippen LogP contribution in [0.25, 0.3) is 0 Å². The smallest absolute Gasteiger partial charge is 0.193 e. The van der Waals surface area contributed by atoms with Crippen molar-refractivity contribution in [3.05, 3.63) is 71.3 Å². The summed E-state index contributed by atoms with van der Waals surface area (Å²) in [4.78, 5) is 12.4. The van der Waals surface area contributed by atoms with Gasteiger partial charge in [-0.05, 0) is 30.8 Å². The Hall–Kier alpha value is -2.20. The first kappa shape index (κ1) is 14.2. The topological polar surface area (TPSA) is 55.1 Å². The van der Waals surface area contributed by atoms with Gasteiger partial charge in [0.1, 0.15) is 0 Å². The molecule has 0 spiro atoms. The van der Waals surface area contributed by atoms with E-state index >= 15 is 0 Å². The molecule has 0 aliphatic carbocycles. The summed E-state index contributed by atoms with van der Waals surface area (Å²) >= 11 is 4.83. The van der Waals surface area contributed by atoms with Crippen molar-refractivity contribution in [1.82, 2.24) is 5.32 Å². The fourth-order valence-electron chi connectivity index (χ4n) is 2.00. The van der Waals surface area contributed by atoms with E-state index in [0.717, 1.165) is 5.56 Å². The number of carbonyl (C=O) groups is 1. The normalized spacial score (nSPS) is 11.7. The molecule has 2 rings (SSSR count). The minimum atomic E-state index is -0.0315. The molecule has 102 valence electrons. The van der Waals surface area contributed by atoms with Crippen LogP contribution < -0.4 is 11.1 Å². The molecule has 20 heavy (non-hydrogen) atoms. The lowest BCUT2D eigenvalue weighted by Crippen LogP contribution is -2.31. The Bertz CT molecular complexity index is 625. The summed E-state index contributed by atoms with van der Waals surface area (Å²) < 4.78 is 0. The van der Waals surface area contributed by atoms with Crippen LogP contribution in [-0.2, 0) is 0 Å². The van der Waals surface area contributed by atoms with Crippen LogP contribution in [0.2, 0.25) is 0 Å². The number of nitrogens with two attached hydrogens (primary N) is 1. The van der Waals surface area contributed by atoms with E-state index in [4.69, 9.17) is 18.0 Å². The third kappa shape index (κ3) is 3.42. The number of ketones is 1. The van der Waals surface area contributed by atoms with Gasteiger partial charge < -0.3 is 11.1 Å². The standard InChI is InChI=1S/C16H16N2OS/c1-11(18-16(17)20)13-8-5-9-14(10-13)15(19)12-6-3-2-4-7-12/h2-11H,1H3,(H3,17,18,20). The van der Waals surface area contributed by atoms with Crippen molar-refractivity contribution >= 4 is 23.1 Å². The van der Waals surface area contributed by atoms with E-state index in [1.165, 1.54) is 0 Å². The number of carbonyl (C=O) groups excluding carboxylic acids is 1. The molecule has 0 aliphatic heterocycles. The molecular formula is C16H16N2OS. The molecule has 1 unspecified atom stereocenters. The second-order valence-electron chi connectivity index (χ2n) is 4.55. The summed E-state index contributed by atoms with van der Waals surface area (Å²) in [5.74, 6) is 0.00924. The third-order valence-electron chi connectivity index (χ3n) is 3.04. The predicted molar refractivity (Wildman–Crippen MR) is 84.7 cm³/mol. The fourth-order valence-corrected chi connectivity index (χ4v) is 2.18. The highest BCUT2D eigenvalue weighted by Gasteiger charge is 2.11. The predicted octanol–water partition coefficient (Wildman–Crippen LogP) is 2.81. The lowest BCUT2D eigenvalue weighted by molar-refractivity contribution is 0.103. The number of benzene rings is 2. The molecule has 0 aromatic heterocycles. The van der Waals surface area contributed by atoms with Crippen molar-refractivity contribution < 1.29 is 4.79 Å². The maximum absolute atomic E-state index is 12.4. The first-order chi connectivity index (χ1) is 9.58. The molecule has 4 heteroatoms. The first-order valence-corrected chi connectivity index (χ1v) is 6.74. The van der Waals surface area contributed by atoms with Gasteiger partial charge in [-0.1, -0.05) is 48.5 Å². The summed E-state index contributed by atoms with van der Waals surface area (Å²) in [7, 11) is 0. The van der Waals surface area contributed by atoms with Gasteiger partial charge in [0.05, 0.1) is 6.04 Å². The van der Waals surface area contributed by atoms with E-state index in [0.29, 0.717) is 11.1 Å². The highest BCUT2D eigenvalue weighted by Crippen LogP contribution is 2.16. The Balaban J connectivity index is 2.26. The van der Waals surface area contributed by atoms with Crippen LogP contribution in [-0.4, -0.2) is 10.9 Å². The van der Waals surface area contributed by atoms with Crippen LogP contribution in [0.3, 0.4) is 0 Å². The van der Waals surface area contributed by atoms with Crippen LogP contribution in [0, 0.1) is 0 Å². The van der Waals surface area contributed by atoms with Crippen molar-refractivity contribution in [2.45, 2.75) is 13.0 Å². The molecule has 0 saturated carbocycles. The van der Waals surface area contributed by atoms with Crippen molar-refractivity contribution in [2.24, 2.45) is 5.73 Å². The highest BCUT2D eigenvalue weighted by molar-refractivity contribution is 7.80.